The molecular weight excluding hydrogens is 330 g/mol. The third-order valence-corrected chi connectivity index (χ3v) is 6.18. The molecule has 132 valence electrons. The van der Waals surface area contributed by atoms with E-state index in [1.54, 1.807) is 11.3 Å². The zero-order chi connectivity index (χ0) is 17.2. The Labute approximate surface area is 153 Å². The number of aryl methyl sites for hydroxylation is 1. The molecule has 4 heterocycles. The van der Waals surface area contributed by atoms with Crippen LogP contribution in [0.15, 0.2) is 35.7 Å². The Kier molecular flexibility index (Phi) is 4.86. The van der Waals surface area contributed by atoms with Gasteiger partial charge < -0.3 is 4.90 Å². The summed E-state index contributed by atoms with van der Waals surface area (Å²) in [6.45, 7) is 5.99. The first-order chi connectivity index (χ1) is 12.2. The van der Waals surface area contributed by atoms with Crippen molar-refractivity contribution in [1.29, 1.82) is 0 Å². The van der Waals surface area contributed by atoms with Gasteiger partial charge in [0.15, 0.2) is 0 Å². The minimum absolute atomic E-state index is 0.251. The van der Waals surface area contributed by atoms with E-state index in [-0.39, 0.29) is 5.91 Å². The van der Waals surface area contributed by atoms with E-state index in [2.05, 4.69) is 45.1 Å². The number of amides is 1. The number of hydrogen-bond donors (Lipinski definition) is 0. The second-order valence-corrected chi connectivity index (χ2v) is 8.42. The van der Waals surface area contributed by atoms with Gasteiger partial charge in [0.1, 0.15) is 0 Å². The van der Waals surface area contributed by atoms with Crippen LogP contribution in [0.4, 0.5) is 0 Å². The van der Waals surface area contributed by atoms with E-state index in [0.717, 1.165) is 43.3 Å². The molecule has 2 aromatic rings. The third kappa shape index (κ3) is 3.93. The Morgan fingerprint density at radius 1 is 1.20 bits per heavy atom. The van der Waals surface area contributed by atoms with E-state index in [0.29, 0.717) is 18.4 Å². The van der Waals surface area contributed by atoms with Gasteiger partial charge in [-0.25, -0.2) is 4.98 Å². The molecule has 4 nitrogen and oxygen atoms in total. The molecule has 3 fully saturated rings. The maximum atomic E-state index is 12.9. The predicted octanol–water partition coefficient (Wildman–Crippen LogP) is 3.12. The summed E-state index contributed by atoms with van der Waals surface area (Å²) in [5.74, 6) is 0.852. The van der Waals surface area contributed by atoms with Gasteiger partial charge in [0.2, 0.25) is 5.91 Å². The minimum Gasteiger partial charge on any atom is -0.338 e. The molecule has 1 aromatic carbocycles. The predicted molar refractivity (Wildman–Crippen MR) is 100 cm³/mol. The molecule has 5 heteroatoms. The van der Waals surface area contributed by atoms with Crippen molar-refractivity contribution in [2.45, 2.75) is 38.8 Å². The van der Waals surface area contributed by atoms with Crippen molar-refractivity contribution in [2.75, 3.05) is 19.6 Å². The highest BCUT2D eigenvalue weighted by Gasteiger charge is 2.37. The van der Waals surface area contributed by atoms with Crippen molar-refractivity contribution in [1.82, 2.24) is 14.8 Å². The van der Waals surface area contributed by atoms with E-state index in [9.17, 15) is 4.79 Å². The summed E-state index contributed by atoms with van der Waals surface area (Å²) >= 11 is 1.62. The Morgan fingerprint density at radius 2 is 2.04 bits per heavy atom. The van der Waals surface area contributed by atoms with Gasteiger partial charge in [0, 0.05) is 37.6 Å². The zero-order valence-electron chi connectivity index (χ0n) is 14.7. The van der Waals surface area contributed by atoms with Gasteiger partial charge >= 0.3 is 0 Å². The van der Waals surface area contributed by atoms with Gasteiger partial charge in [-0.15, -0.1) is 11.3 Å². The van der Waals surface area contributed by atoms with Crippen LogP contribution in [-0.4, -0.2) is 46.4 Å². The van der Waals surface area contributed by atoms with E-state index < -0.39 is 0 Å². The lowest BCUT2D eigenvalue weighted by Crippen LogP contribution is -2.48. The summed E-state index contributed by atoms with van der Waals surface area (Å²) in [7, 11) is 0. The van der Waals surface area contributed by atoms with Crippen LogP contribution in [0.25, 0.3) is 0 Å². The molecule has 5 rings (SSSR count). The molecule has 0 saturated carbocycles. The number of aromatic nitrogens is 1. The number of rotatable bonds is 4. The van der Waals surface area contributed by atoms with Crippen LogP contribution in [0.3, 0.4) is 0 Å². The number of carbonyl (C=O) groups is 1. The van der Waals surface area contributed by atoms with Crippen LogP contribution in [0.5, 0.6) is 0 Å². The molecule has 0 N–H and O–H groups in total. The molecule has 0 spiro atoms. The molecule has 25 heavy (non-hydrogen) atoms. The maximum Gasteiger partial charge on any atom is 0.228 e. The molecule has 0 radical (unpaired) electrons. The van der Waals surface area contributed by atoms with Crippen molar-refractivity contribution in [3.63, 3.8) is 0 Å². The van der Waals surface area contributed by atoms with Crippen molar-refractivity contribution in [3.05, 3.63) is 52.0 Å². The second-order valence-electron chi connectivity index (χ2n) is 7.36. The van der Waals surface area contributed by atoms with Crippen molar-refractivity contribution in [2.24, 2.45) is 5.92 Å². The summed E-state index contributed by atoms with van der Waals surface area (Å²) < 4.78 is 0. The first-order valence-corrected chi connectivity index (χ1v) is 10.0. The molecule has 1 aromatic heterocycles. The molecule has 0 aliphatic carbocycles. The first kappa shape index (κ1) is 16.7. The van der Waals surface area contributed by atoms with Crippen LogP contribution in [0, 0.1) is 12.8 Å². The summed E-state index contributed by atoms with van der Waals surface area (Å²) in [6.07, 6.45) is 2.83. The monoisotopic (exact) mass is 355 g/mol. The van der Waals surface area contributed by atoms with Gasteiger partial charge in [0.25, 0.3) is 0 Å². The standard InChI is InChI=1S/C20H25N3OS/c1-15-21-18(14-25-15)9-20(24)23-12-17-7-8-19(23)13-22(11-17)10-16-5-3-2-4-6-16/h2-6,14,17,19H,7-13H2,1H3/t17-,19+/m0/s1. The Balaban J connectivity index is 1.43. The summed E-state index contributed by atoms with van der Waals surface area (Å²) in [4.78, 5) is 22.0. The average molecular weight is 356 g/mol. The van der Waals surface area contributed by atoms with E-state index in [1.807, 2.05) is 12.3 Å². The van der Waals surface area contributed by atoms with Crippen LogP contribution in [-0.2, 0) is 17.8 Å². The number of carbonyl (C=O) groups excluding carboxylic acids is 1. The number of hydrogen-bond acceptors (Lipinski definition) is 4. The normalized spacial score (nSPS) is 23.6. The fourth-order valence-corrected chi connectivity index (χ4v) is 4.81. The number of benzene rings is 1. The molecule has 2 bridgehead atoms. The number of thiazole rings is 1. The van der Waals surface area contributed by atoms with E-state index >= 15 is 0 Å². The largest absolute Gasteiger partial charge is 0.338 e. The Morgan fingerprint density at radius 3 is 2.80 bits per heavy atom. The molecule has 3 aliphatic heterocycles. The van der Waals surface area contributed by atoms with Crippen LogP contribution in [0.1, 0.15) is 29.1 Å². The van der Waals surface area contributed by atoms with Crippen LogP contribution < -0.4 is 0 Å². The quantitative estimate of drug-likeness (QED) is 0.845. The molecule has 2 atom stereocenters. The molecular formula is C20H25N3OS. The SMILES string of the molecule is Cc1nc(CC(=O)N2C[C@H]3CC[C@@H]2CN(Cc2ccccc2)C3)cs1. The maximum absolute atomic E-state index is 12.9. The number of nitrogens with zero attached hydrogens (tertiary/aromatic N) is 3. The highest BCUT2D eigenvalue weighted by molar-refractivity contribution is 7.09. The lowest BCUT2D eigenvalue weighted by molar-refractivity contribution is -0.134. The molecule has 3 aliphatic rings. The summed E-state index contributed by atoms with van der Waals surface area (Å²) in [6, 6.07) is 11.0. The third-order valence-electron chi connectivity index (χ3n) is 5.36. The van der Waals surface area contributed by atoms with Crippen LogP contribution in [0.2, 0.25) is 0 Å². The zero-order valence-corrected chi connectivity index (χ0v) is 15.5. The summed E-state index contributed by atoms with van der Waals surface area (Å²) in [5.41, 5.74) is 2.29. The Bertz CT molecular complexity index is 730. The molecule has 3 saturated heterocycles. The van der Waals surface area contributed by atoms with Crippen molar-refractivity contribution < 1.29 is 4.79 Å². The van der Waals surface area contributed by atoms with Gasteiger partial charge in [-0.3, -0.25) is 9.69 Å². The first-order valence-electron chi connectivity index (χ1n) is 9.14. The fourth-order valence-electron chi connectivity index (χ4n) is 4.20. The lowest BCUT2D eigenvalue weighted by Gasteiger charge is -2.36. The van der Waals surface area contributed by atoms with Crippen LogP contribution >= 0.6 is 11.3 Å². The van der Waals surface area contributed by atoms with Crippen molar-refractivity contribution in [3.8, 4) is 0 Å². The van der Waals surface area contributed by atoms with Crippen molar-refractivity contribution >= 4 is 17.2 Å². The molecule has 0 unspecified atom stereocenters. The topological polar surface area (TPSA) is 36.4 Å². The highest BCUT2D eigenvalue weighted by atomic mass is 32.1. The number of fused-ring (bicyclic) bond motifs is 4. The van der Waals surface area contributed by atoms with E-state index in [4.69, 9.17) is 0 Å². The highest BCUT2D eigenvalue weighted by Crippen LogP contribution is 2.29. The van der Waals surface area contributed by atoms with E-state index in [1.165, 1.54) is 12.0 Å². The Hall–Kier alpha value is -1.72. The minimum atomic E-state index is 0.251. The average Bonchev–Trinajstić information content (AvgIpc) is 2.82. The van der Waals surface area contributed by atoms with Gasteiger partial charge in [-0.05, 0) is 31.2 Å². The van der Waals surface area contributed by atoms with Gasteiger partial charge in [-0.1, -0.05) is 30.3 Å². The lowest BCUT2D eigenvalue weighted by atomic mass is 9.94. The van der Waals surface area contributed by atoms with Gasteiger partial charge in [-0.2, -0.15) is 0 Å². The second kappa shape index (κ2) is 7.26. The smallest absolute Gasteiger partial charge is 0.228 e. The molecule has 1 amide bonds. The van der Waals surface area contributed by atoms with Gasteiger partial charge in [0.05, 0.1) is 17.1 Å². The number of piperidine rings is 1. The summed E-state index contributed by atoms with van der Waals surface area (Å²) in [5, 5.41) is 3.06. The fraction of sp³-hybridized carbons (Fsp3) is 0.500.